The summed E-state index contributed by atoms with van der Waals surface area (Å²) in [7, 11) is 1.68. The van der Waals surface area contributed by atoms with E-state index in [1.165, 1.54) is 11.1 Å². The van der Waals surface area contributed by atoms with E-state index < -0.39 is 0 Å². The molecular weight excluding hydrogens is 238 g/mol. The minimum atomic E-state index is 0.741. The zero-order valence-electron chi connectivity index (χ0n) is 11.0. The third-order valence-corrected chi connectivity index (χ3v) is 3.41. The van der Waals surface area contributed by atoms with Crippen molar-refractivity contribution in [2.45, 2.75) is 19.6 Å². The first-order chi connectivity index (χ1) is 9.24. The van der Waals surface area contributed by atoms with Gasteiger partial charge < -0.3 is 10.5 Å². The van der Waals surface area contributed by atoms with Gasteiger partial charge in [0, 0.05) is 19.6 Å². The van der Waals surface area contributed by atoms with Gasteiger partial charge >= 0.3 is 0 Å². The van der Waals surface area contributed by atoms with Crippen LogP contribution in [0.25, 0.3) is 0 Å². The summed E-state index contributed by atoms with van der Waals surface area (Å²) < 4.78 is 5.17. The van der Waals surface area contributed by atoms with Crippen molar-refractivity contribution in [3.05, 3.63) is 53.3 Å². The molecule has 0 unspecified atom stereocenters. The molecule has 2 aromatic rings. The maximum absolute atomic E-state index is 5.77. The van der Waals surface area contributed by atoms with Crippen LogP contribution in [0.2, 0.25) is 0 Å². The van der Waals surface area contributed by atoms with E-state index in [0.29, 0.717) is 0 Å². The molecule has 19 heavy (non-hydrogen) atoms. The number of rotatable bonds is 3. The number of anilines is 1. The maximum Gasteiger partial charge on any atom is 0.118 e. The van der Waals surface area contributed by atoms with Crippen LogP contribution in [0, 0.1) is 0 Å². The Morgan fingerprint density at radius 2 is 2.05 bits per heavy atom. The molecule has 0 fully saturated rings. The first-order valence-electron chi connectivity index (χ1n) is 6.33. The summed E-state index contributed by atoms with van der Waals surface area (Å²) in [5, 5.41) is 0. The number of nitrogens with two attached hydrogens (primary N) is 1. The third kappa shape index (κ3) is 2.53. The molecular formula is C15H17N3O. The van der Waals surface area contributed by atoms with Crippen molar-refractivity contribution in [2.24, 2.45) is 0 Å². The van der Waals surface area contributed by atoms with Gasteiger partial charge in [0.1, 0.15) is 5.75 Å². The Morgan fingerprint density at radius 1 is 1.26 bits per heavy atom. The highest BCUT2D eigenvalue weighted by molar-refractivity contribution is 5.41. The van der Waals surface area contributed by atoms with Gasteiger partial charge in [-0.1, -0.05) is 12.1 Å². The molecule has 0 aliphatic carbocycles. The van der Waals surface area contributed by atoms with Crippen LogP contribution in [0.1, 0.15) is 16.8 Å². The van der Waals surface area contributed by atoms with Gasteiger partial charge in [-0.15, -0.1) is 0 Å². The minimum Gasteiger partial charge on any atom is -0.497 e. The molecule has 4 heteroatoms. The summed E-state index contributed by atoms with van der Waals surface area (Å²) in [5.74, 6) is 0.892. The van der Waals surface area contributed by atoms with Crippen molar-refractivity contribution < 1.29 is 4.74 Å². The van der Waals surface area contributed by atoms with Crippen LogP contribution in [0.15, 0.2) is 36.5 Å². The Balaban J connectivity index is 1.69. The second-order valence-electron chi connectivity index (χ2n) is 4.87. The molecule has 98 valence electrons. The van der Waals surface area contributed by atoms with Crippen molar-refractivity contribution in [1.29, 1.82) is 0 Å². The third-order valence-electron chi connectivity index (χ3n) is 3.41. The van der Waals surface area contributed by atoms with E-state index in [1.807, 2.05) is 18.2 Å². The quantitative estimate of drug-likeness (QED) is 0.913. The largest absolute Gasteiger partial charge is 0.497 e. The lowest BCUT2D eigenvalue weighted by molar-refractivity contribution is 0.274. The molecule has 3 rings (SSSR count). The zero-order valence-corrected chi connectivity index (χ0v) is 11.0. The summed E-state index contributed by atoms with van der Waals surface area (Å²) in [4.78, 5) is 6.75. The number of fused-ring (bicyclic) bond motifs is 1. The van der Waals surface area contributed by atoms with Crippen molar-refractivity contribution >= 4 is 5.69 Å². The van der Waals surface area contributed by atoms with E-state index >= 15 is 0 Å². The van der Waals surface area contributed by atoms with Crippen molar-refractivity contribution in [3.8, 4) is 5.75 Å². The topological polar surface area (TPSA) is 51.4 Å². The Labute approximate surface area is 112 Å². The fourth-order valence-electron chi connectivity index (χ4n) is 2.45. The standard InChI is InChI=1S/C15H17N3O/c1-19-14-4-2-11(3-5-14)8-18-9-12-6-13(16)7-17-15(12)10-18/h2-7H,8-10,16H2,1H3. The van der Waals surface area contributed by atoms with Gasteiger partial charge in [-0.3, -0.25) is 9.88 Å². The average molecular weight is 255 g/mol. The molecule has 0 amide bonds. The van der Waals surface area contributed by atoms with Crippen LogP contribution < -0.4 is 10.5 Å². The van der Waals surface area contributed by atoms with Crippen LogP contribution >= 0.6 is 0 Å². The van der Waals surface area contributed by atoms with Crippen LogP contribution in [0.4, 0.5) is 5.69 Å². The summed E-state index contributed by atoms with van der Waals surface area (Å²) in [6.45, 7) is 2.72. The molecule has 0 bridgehead atoms. The monoisotopic (exact) mass is 255 g/mol. The molecule has 0 atom stereocenters. The molecule has 0 spiro atoms. The molecule has 1 aromatic carbocycles. The molecule has 1 aliphatic heterocycles. The van der Waals surface area contributed by atoms with Gasteiger partial charge in [0.2, 0.25) is 0 Å². The van der Waals surface area contributed by atoms with Crippen LogP contribution in [0.5, 0.6) is 5.75 Å². The first-order valence-corrected chi connectivity index (χ1v) is 6.33. The predicted octanol–water partition coefficient (Wildman–Crippen LogP) is 2.19. The highest BCUT2D eigenvalue weighted by Gasteiger charge is 2.20. The predicted molar refractivity (Wildman–Crippen MR) is 74.6 cm³/mol. The lowest BCUT2D eigenvalue weighted by atomic mass is 10.2. The maximum atomic E-state index is 5.77. The molecule has 2 heterocycles. The second kappa shape index (κ2) is 4.90. The van der Waals surface area contributed by atoms with Gasteiger partial charge in [-0.25, -0.2) is 0 Å². The first kappa shape index (κ1) is 12.0. The SMILES string of the molecule is COc1ccc(CN2Cc3cc(N)cnc3C2)cc1. The average Bonchev–Trinajstić information content (AvgIpc) is 2.81. The number of methoxy groups -OCH3 is 1. The smallest absolute Gasteiger partial charge is 0.118 e. The van der Waals surface area contributed by atoms with Gasteiger partial charge in [0.05, 0.1) is 24.7 Å². The zero-order chi connectivity index (χ0) is 13.2. The lowest BCUT2D eigenvalue weighted by Crippen LogP contribution is -2.15. The molecule has 0 saturated heterocycles. The van der Waals surface area contributed by atoms with Crippen LogP contribution in [-0.4, -0.2) is 17.0 Å². The second-order valence-corrected chi connectivity index (χ2v) is 4.87. The number of nitrogens with zero attached hydrogens (tertiary/aromatic N) is 2. The number of ether oxygens (including phenoxy) is 1. The fraction of sp³-hybridized carbons (Fsp3) is 0.267. The van der Waals surface area contributed by atoms with Crippen LogP contribution in [-0.2, 0) is 19.6 Å². The van der Waals surface area contributed by atoms with Crippen LogP contribution in [0.3, 0.4) is 0 Å². The normalized spacial score (nSPS) is 14.4. The summed E-state index contributed by atoms with van der Waals surface area (Å²) >= 11 is 0. The summed E-state index contributed by atoms with van der Waals surface area (Å²) in [6.07, 6.45) is 1.73. The van der Waals surface area contributed by atoms with Crippen molar-refractivity contribution in [1.82, 2.24) is 9.88 Å². The Kier molecular flexibility index (Phi) is 3.09. The van der Waals surface area contributed by atoms with E-state index in [0.717, 1.165) is 36.8 Å². The number of hydrogen-bond acceptors (Lipinski definition) is 4. The van der Waals surface area contributed by atoms with Crippen molar-refractivity contribution in [3.63, 3.8) is 0 Å². The van der Waals surface area contributed by atoms with Gasteiger partial charge in [-0.05, 0) is 29.3 Å². The van der Waals surface area contributed by atoms with E-state index in [2.05, 4.69) is 22.0 Å². The highest BCUT2D eigenvalue weighted by Crippen LogP contribution is 2.24. The number of aromatic nitrogens is 1. The highest BCUT2D eigenvalue weighted by atomic mass is 16.5. The fourth-order valence-corrected chi connectivity index (χ4v) is 2.45. The lowest BCUT2D eigenvalue weighted by Gasteiger charge is -2.14. The number of nitrogen functional groups attached to an aromatic ring is 1. The van der Waals surface area contributed by atoms with Crippen molar-refractivity contribution in [2.75, 3.05) is 12.8 Å². The summed E-state index contributed by atoms with van der Waals surface area (Å²) in [6, 6.07) is 10.2. The number of pyridine rings is 1. The number of benzene rings is 1. The Bertz CT molecular complexity index is 580. The van der Waals surface area contributed by atoms with Gasteiger partial charge in [-0.2, -0.15) is 0 Å². The van der Waals surface area contributed by atoms with E-state index in [4.69, 9.17) is 10.5 Å². The Morgan fingerprint density at radius 3 is 2.79 bits per heavy atom. The molecule has 0 saturated carbocycles. The summed E-state index contributed by atoms with van der Waals surface area (Å²) in [5.41, 5.74) is 10.2. The van der Waals surface area contributed by atoms with E-state index in [1.54, 1.807) is 13.3 Å². The van der Waals surface area contributed by atoms with Gasteiger partial charge in [0.15, 0.2) is 0 Å². The minimum absolute atomic E-state index is 0.741. The molecule has 1 aliphatic rings. The Hall–Kier alpha value is -2.07. The molecule has 1 aromatic heterocycles. The van der Waals surface area contributed by atoms with Gasteiger partial charge in [0.25, 0.3) is 0 Å². The molecule has 4 nitrogen and oxygen atoms in total. The number of hydrogen-bond donors (Lipinski definition) is 1. The molecule has 2 N–H and O–H groups in total. The van der Waals surface area contributed by atoms with E-state index in [9.17, 15) is 0 Å². The van der Waals surface area contributed by atoms with E-state index in [-0.39, 0.29) is 0 Å². The molecule has 0 radical (unpaired) electrons.